The highest BCUT2D eigenvalue weighted by molar-refractivity contribution is 5.78. The van der Waals surface area contributed by atoms with E-state index < -0.39 is 0 Å². The number of hydrogen-bond donors (Lipinski definition) is 1. The molecule has 1 spiro atoms. The SMILES string of the molecule is CCOC1CC(N(C)C(=O)CNC)C12CCCCC2. The number of nitrogens with one attached hydrogen (secondary N) is 1. The Kier molecular flexibility index (Phi) is 4.85. The molecule has 0 bridgehead atoms. The third-order valence-electron chi connectivity index (χ3n) is 5.08. The first-order valence-electron chi connectivity index (χ1n) is 7.67. The molecule has 110 valence electrons. The van der Waals surface area contributed by atoms with Gasteiger partial charge in [0.1, 0.15) is 0 Å². The van der Waals surface area contributed by atoms with Crippen molar-refractivity contribution in [3.8, 4) is 0 Å². The highest BCUT2D eigenvalue weighted by atomic mass is 16.5. The van der Waals surface area contributed by atoms with Crippen LogP contribution in [-0.4, -0.2) is 50.2 Å². The quantitative estimate of drug-likeness (QED) is 0.826. The summed E-state index contributed by atoms with van der Waals surface area (Å²) in [5.41, 5.74) is 0.242. The highest BCUT2D eigenvalue weighted by Crippen LogP contribution is 2.55. The molecule has 2 rings (SSSR count). The number of likely N-dealkylation sites (N-methyl/N-ethyl adjacent to an activating group) is 2. The zero-order valence-electron chi connectivity index (χ0n) is 12.6. The third-order valence-corrected chi connectivity index (χ3v) is 5.08. The van der Waals surface area contributed by atoms with Crippen molar-refractivity contribution in [1.82, 2.24) is 10.2 Å². The molecule has 19 heavy (non-hydrogen) atoms. The van der Waals surface area contributed by atoms with Crippen LogP contribution in [0.15, 0.2) is 0 Å². The maximum Gasteiger partial charge on any atom is 0.236 e. The van der Waals surface area contributed by atoms with Crippen LogP contribution in [0.5, 0.6) is 0 Å². The van der Waals surface area contributed by atoms with Crippen molar-refractivity contribution in [3.63, 3.8) is 0 Å². The Labute approximate surface area is 116 Å². The van der Waals surface area contributed by atoms with Crippen molar-refractivity contribution in [3.05, 3.63) is 0 Å². The maximum atomic E-state index is 12.1. The van der Waals surface area contributed by atoms with Crippen LogP contribution in [0.3, 0.4) is 0 Å². The van der Waals surface area contributed by atoms with E-state index in [4.69, 9.17) is 4.74 Å². The van der Waals surface area contributed by atoms with E-state index in [1.54, 1.807) is 0 Å². The highest BCUT2D eigenvalue weighted by Gasteiger charge is 2.57. The summed E-state index contributed by atoms with van der Waals surface area (Å²) in [7, 11) is 3.79. The molecule has 2 aliphatic rings. The summed E-state index contributed by atoms with van der Waals surface area (Å²) in [5, 5.41) is 2.96. The van der Waals surface area contributed by atoms with Gasteiger partial charge in [-0.2, -0.15) is 0 Å². The van der Waals surface area contributed by atoms with Gasteiger partial charge in [-0.15, -0.1) is 0 Å². The number of carbonyl (C=O) groups is 1. The van der Waals surface area contributed by atoms with Crippen molar-refractivity contribution in [1.29, 1.82) is 0 Å². The molecule has 2 unspecified atom stereocenters. The first-order chi connectivity index (χ1) is 9.15. The van der Waals surface area contributed by atoms with E-state index in [0.29, 0.717) is 18.7 Å². The molecule has 0 aliphatic heterocycles. The molecule has 0 radical (unpaired) electrons. The molecule has 2 aliphatic carbocycles. The van der Waals surface area contributed by atoms with E-state index in [2.05, 4.69) is 12.2 Å². The summed E-state index contributed by atoms with van der Waals surface area (Å²) in [6, 6.07) is 0.380. The van der Waals surface area contributed by atoms with Crippen LogP contribution in [0.4, 0.5) is 0 Å². The van der Waals surface area contributed by atoms with E-state index in [1.807, 2.05) is 19.0 Å². The van der Waals surface area contributed by atoms with Gasteiger partial charge in [-0.25, -0.2) is 0 Å². The topological polar surface area (TPSA) is 41.6 Å². The van der Waals surface area contributed by atoms with E-state index >= 15 is 0 Å². The second-order valence-corrected chi connectivity index (χ2v) is 6.02. The summed E-state index contributed by atoms with van der Waals surface area (Å²) in [6.07, 6.45) is 7.73. The number of carbonyl (C=O) groups excluding carboxylic acids is 1. The molecule has 1 N–H and O–H groups in total. The minimum absolute atomic E-state index is 0.201. The average Bonchev–Trinajstić information content (AvgIpc) is 2.43. The standard InChI is InChI=1S/C15H28N2O2/c1-4-19-13-10-12(17(3)14(18)11-16-2)15(13)8-6-5-7-9-15/h12-13,16H,4-11H2,1-3H3. The molecule has 0 heterocycles. The minimum atomic E-state index is 0.201. The van der Waals surface area contributed by atoms with E-state index in [1.165, 1.54) is 32.1 Å². The molecule has 4 heteroatoms. The lowest BCUT2D eigenvalue weighted by molar-refractivity contribution is -0.184. The molecule has 0 aromatic carbocycles. The van der Waals surface area contributed by atoms with Gasteiger partial charge in [0.25, 0.3) is 0 Å². The van der Waals surface area contributed by atoms with Crippen molar-refractivity contribution in [2.75, 3.05) is 27.2 Å². The fourth-order valence-electron chi connectivity index (χ4n) is 4.02. The number of amides is 1. The Morgan fingerprint density at radius 1 is 1.37 bits per heavy atom. The summed E-state index contributed by atoms with van der Waals surface area (Å²) < 4.78 is 5.94. The molecule has 0 saturated heterocycles. The predicted octanol–water partition coefficient (Wildman–Crippen LogP) is 1.79. The normalized spacial score (nSPS) is 29.0. The van der Waals surface area contributed by atoms with Gasteiger partial charge in [0.05, 0.1) is 12.6 Å². The summed E-state index contributed by atoms with van der Waals surface area (Å²) in [6.45, 7) is 3.29. The average molecular weight is 268 g/mol. The molecule has 4 nitrogen and oxygen atoms in total. The molecule has 0 aromatic rings. The van der Waals surface area contributed by atoms with Gasteiger partial charge in [0.15, 0.2) is 0 Å². The lowest BCUT2D eigenvalue weighted by Gasteiger charge is -2.60. The van der Waals surface area contributed by atoms with Crippen LogP contribution in [0.25, 0.3) is 0 Å². The first kappa shape index (κ1) is 14.8. The maximum absolute atomic E-state index is 12.1. The number of hydrogen-bond acceptors (Lipinski definition) is 3. The Hall–Kier alpha value is -0.610. The van der Waals surface area contributed by atoms with Gasteiger partial charge in [0, 0.05) is 25.1 Å². The van der Waals surface area contributed by atoms with Gasteiger partial charge in [0.2, 0.25) is 5.91 Å². The number of ether oxygens (including phenoxy) is 1. The lowest BCUT2D eigenvalue weighted by atomic mass is 9.54. The summed E-state index contributed by atoms with van der Waals surface area (Å²) in [4.78, 5) is 14.1. The monoisotopic (exact) mass is 268 g/mol. The number of nitrogens with zero attached hydrogens (tertiary/aromatic N) is 1. The van der Waals surface area contributed by atoms with Crippen molar-refractivity contribution < 1.29 is 9.53 Å². The molecular weight excluding hydrogens is 240 g/mol. The predicted molar refractivity (Wildman–Crippen MR) is 76.0 cm³/mol. The molecule has 2 fully saturated rings. The third kappa shape index (κ3) is 2.65. The van der Waals surface area contributed by atoms with Crippen LogP contribution in [-0.2, 0) is 9.53 Å². The van der Waals surface area contributed by atoms with Crippen LogP contribution in [0, 0.1) is 5.41 Å². The zero-order chi connectivity index (χ0) is 13.9. The lowest BCUT2D eigenvalue weighted by Crippen LogP contribution is -2.66. The fourth-order valence-corrected chi connectivity index (χ4v) is 4.02. The molecule has 0 aromatic heterocycles. The van der Waals surface area contributed by atoms with Gasteiger partial charge in [-0.3, -0.25) is 4.79 Å². The molecule has 2 atom stereocenters. The van der Waals surface area contributed by atoms with Crippen LogP contribution >= 0.6 is 0 Å². The fraction of sp³-hybridized carbons (Fsp3) is 0.933. The van der Waals surface area contributed by atoms with Crippen molar-refractivity contribution >= 4 is 5.91 Å². The molecular formula is C15H28N2O2. The molecule has 2 saturated carbocycles. The van der Waals surface area contributed by atoms with Crippen molar-refractivity contribution in [2.24, 2.45) is 5.41 Å². The van der Waals surface area contributed by atoms with Crippen LogP contribution in [0.1, 0.15) is 45.4 Å². The van der Waals surface area contributed by atoms with Gasteiger partial charge in [-0.05, 0) is 33.2 Å². The van der Waals surface area contributed by atoms with Crippen LogP contribution in [0.2, 0.25) is 0 Å². The van der Waals surface area contributed by atoms with E-state index in [0.717, 1.165) is 13.0 Å². The van der Waals surface area contributed by atoms with E-state index in [-0.39, 0.29) is 11.3 Å². The second kappa shape index (κ2) is 6.23. The van der Waals surface area contributed by atoms with E-state index in [9.17, 15) is 4.79 Å². The van der Waals surface area contributed by atoms with Crippen LogP contribution < -0.4 is 5.32 Å². The van der Waals surface area contributed by atoms with Gasteiger partial charge < -0.3 is 15.0 Å². The second-order valence-electron chi connectivity index (χ2n) is 6.02. The van der Waals surface area contributed by atoms with Crippen molar-refractivity contribution in [2.45, 2.75) is 57.6 Å². The summed E-state index contributed by atoms with van der Waals surface area (Å²) >= 11 is 0. The minimum Gasteiger partial charge on any atom is -0.378 e. The Morgan fingerprint density at radius 3 is 2.63 bits per heavy atom. The summed E-state index contributed by atoms with van der Waals surface area (Å²) in [5.74, 6) is 0.201. The Balaban J connectivity index is 2.06. The smallest absolute Gasteiger partial charge is 0.236 e. The number of rotatable bonds is 5. The first-order valence-corrected chi connectivity index (χ1v) is 7.67. The van der Waals surface area contributed by atoms with Gasteiger partial charge in [-0.1, -0.05) is 19.3 Å². The molecule has 1 amide bonds. The Morgan fingerprint density at radius 2 is 2.05 bits per heavy atom. The zero-order valence-corrected chi connectivity index (χ0v) is 12.6. The largest absolute Gasteiger partial charge is 0.378 e. The van der Waals surface area contributed by atoms with Gasteiger partial charge >= 0.3 is 0 Å². The Bertz CT molecular complexity index is 313.